The van der Waals surface area contributed by atoms with Gasteiger partial charge < -0.3 is 5.73 Å². The van der Waals surface area contributed by atoms with Gasteiger partial charge in [-0.15, -0.1) is 0 Å². The molecule has 2 N–H and O–H groups in total. The molecule has 29 heavy (non-hydrogen) atoms. The summed E-state index contributed by atoms with van der Waals surface area (Å²) in [7, 11) is 0. The number of primary amides is 1. The van der Waals surface area contributed by atoms with E-state index < -0.39 is 29.5 Å². The van der Waals surface area contributed by atoms with Gasteiger partial charge in [-0.05, 0) is 35.2 Å². The highest BCUT2D eigenvalue weighted by molar-refractivity contribution is 5.78. The fourth-order valence-electron chi connectivity index (χ4n) is 4.62. The summed E-state index contributed by atoms with van der Waals surface area (Å²) in [6.45, 7) is 3.63. The third kappa shape index (κ3) is 4.29. The van der Waals surface area contributed by atoms with E-state index >= 15 is 0 Å². The first-order valence-electron chi connectivity index (χ1n) is 9.44. The van der Waals surface area contributed by atoms with E-state index in [1.54, 1.807) is 36.4 Å². The van der Waals surface area contributed by atoms with Crippen LogP contribution in [0.5, 0.6) is 0 Å². The van der Waals surface area contributed by atoms with Gasteiger partial charge in [-0.1, -0.05) is 50.2 Å². The number of carbonyl (C=O) groups is 1. The standard InChI is InChI=1S/C22H24F4N2O/c1-21(2,18(20(27)29)22(24,25)26)19(15-6-4-3-5-7-15)28-11-10-14-8-9-17(23)12-16(14)13-28/h3-9,12,18-19H,10-11,13H2,1-2H3,(H2,27,29). The molecule has 2 atom stereocenters. The smallest absolute Gasteiger partial charge is 0.369 e. The van der Waals surface area contributed by atoms with Crippen molar-refractivity contribution >= 4 is 5.91 Å². The molecule has 1 amide bonds. The van der Waals surface area contributed by atoms with Crippen LogP contribution in [0, 0.1) is 17.2 Å². The van der Waals surface area contributed by atoms with Gasteiger partial charge in [-0.25, -0.2) is 4.39 Å². The largest absolute Gasteiger partial charge is 0.401 e. The van der Waals surface area contributed by atoms with Crippen molar-refractivity contribution in [3.05, 3.63) is 71.0 Å². The van der Waals surface area contributed by atoms with Crippen molar-refractivity contribution in [2.75, 3.05) is 6.54 Å². The molecule has 2 aromatic rings. The molecule has 156 valence electrons. The van der Waals surface area contributed by atoms with Gasteiger partial charge >= 0.3 is 6.18 Å². The Morgan fingerprint density at radius 3 is 2.31 bits per heavy atom. The van der Waals surface area contributed by atoms with Gasteiger partial charge in [0.1, 0.15) is 11.7 Å². The average Bonchev–Trinajstić information content (AvgIpc) is 2.60. The molecular formula is C22H24F4N2O. The van der Waals surface area contributed by atoms with Crippen molar-refractivity contribution < 1.29 is 22.4 Å². The Labute approximate surface area is 167 Å². The lowest BCUT2D eigenvalue weighted by Crippen LogP contribution is -2.52. The first kappa shape index (κ1) is 21.3. The van der Waals surface area contributed by atoms with Crippen LogP contribution in [0.15, 0.2) is 48.5 Å². The number of rotatable bonds is 5. The summed E-state index contributed by atoms with van der Waals surface area (Å²) in [5.74, 6) is -4.10. The molecule has 2 aromatic carbocycles. The summed E-state index contributed by atoms with van der Waals surface area (Å²) in [6.07, 6.45) is -4.19. The van der Waals surface area contributed by atoms with Crippen LogP contribution in [-0.4, -0.2) is 23.5 Å². The minimum Gasteiger partial charge on any atom is -0.369 e. The minimum absolute atomic E-state index is 0.291. The van der Waals surface area contributed by atoms with E-state index in [9.17, 15) is 22.4 Å². The third-order valence-electron chi connectivity index (χ3n) is 5.75. The molecule has 1 heterocycles. The highest BCUT2D eigenvalue weighted by Gasteiger charge is 2.56. The summed E-state index contributed by atoms with van der Waals surface area (Å²) >= 11 is 0. The molecular weight excluding hydrogens is 384 g/mol. The van der Waals surface area contributed by atoms with Crippen LogP contribution < -0.4 is 5.73 Å². The van der Waals surface area contributed by atoms with E-state index in [4.69, 9.17) is 5.73 Å². The number of nitrogens with zero attached hydrogens (tertiary/aromatic N) is 1. The van der Waals surface area contributed by atoms with E-state index in [0.29, 0.717) is 25.1 Å². The Morgan fingerprint density at radius 2 is 1.72 bits per heavy atom. The molecule has 2 unspecified atom stereocenters. The number of fused-ring (bicyclic) bond motifs is 1. The van der Waals surface area contributed by atoms with Crippen molar-refractivity contribution in [3.63, 3.8) is 0 Å². The fraction of sp³-hybridized carbons (Fsp3) is 0.409. The third-order valence-corrected chi connectivity index (χ3v) is 5.75. The molecule has 0 bridgehead atoms. The molecule has 0 saturated carbocycles. The number of benzene rings is 2. The maximum atomic E-state index is 13.8. The zero-order chi connectivity index (χ0) is 21.4. The van der Waals surface area contributed by atoms with Crippen molar-refractivity contribution in [1.82, 2.24) is 4.90 Å². The van der Waals surface area contributed by atoms with Crippen molar-refractivity contribution in [2.24, 2.45) is 17.1 Å². The molecule has 0 spiro atoms. The second kappa shape index (κ2) is 7.78. The molecule has 7 heteroatoms. The van der Waals surface area contributed by atoms with E-state index in [1.165, 1.54) is 26.0 Å². The molecule has 3 nitrogen and oxygen atoms in total. The number of alkyl halides is 3. The zero-order valence-electron chi connectivity index (χ0n) is 16.3. The van der Waals surface area contributed by atoms with Crippen LogP contribution in [0.1, 0.15) is 36.6 Å². The van der Waals surface area contributed by atoms with Crippen LogP contribution in [0.2, 0.25) is 0 Å². The molecule has 0 fully saturated rings. The number of amides is 1. The number of hydrogen-bond acceptors (Lipinski definition) is 2. The summed E-state index contributed by atoms with van der Waals surface area (Å²) in [4.78, 5) is 13.8. The number of hydrogen-bond donors (Lipinski definition) is 1. The number of nitrogens with two attached hydrogens (primary N) is 1. The number of halogens is 4. The summed E-state index contributed by atoms with van der Waals surface area (Å²) in [6, 6.07) is 12.6. The highest BCUT2D eigenvalue weighted by Crippen LogP contribution is 2.50. The molecule has 0 saturated heterocycles. The first-order chi connectivity index (χ1) is 13.5. The van der Waals surface area contributed by atoms with Gasteiger partial charge in [0.25, 0.3) is 0 Å². The SMILES string of the molecule is CC(C)(C(c1ccccc1)N1CCc2ccc(F)cc2C1)C(C(N)=O)C(F)(F)F. The van der Waals surface area contributed by atoms with Crippen LogP contribution in [0.3, 0.4) is 0 Å². The zero-order valence-corrected chi connectivity index (χ0v) is 16.3. The predicted molar refractivity (Wildman–Crippen MR) is 102 cm³/mol. The van der Waals surface area contributed by atoms with Gasteiger partial charge in [-0.2, -0.15) is 13.2 Å². The van der Waals surface area contributed by atoms with Crippen molar-refractivity contribution in [2.45, 2.75) is 39.0 Å². The maximum absolute atomic E-state index is 13.8. The Bertz CT molecular complexity index is 880. The van der Waals surface area contributed by atoms with E-state index in [0.717, 1.165) is 11.1 Å². The summed E-state index contributed by atoms with van der Waals surface area (Å²) < 4.78 is 55.2. The Balaban J connectivity index is 2.08. The van der Waals surface area contributed by atoms with Crippen molar-refractivity contribution in [3.8, 4) is 0 Å². The number of carbonyl (C=O) groups excluding carboxylic acids is 1. The summed E-state index contributed by atoms with van der Waals surface area (Å²) in [5.41, 5.74) is 6.07. The molecule has 1 aliphatic rings. The van der Waals surface area contributed by atoms with E-state index in [2.05, 4.69) is 0 Å². The predicted octanol–water partition coefficient (Wildman–Crippen LogP) is 4.62. The van der Waals surface area contributed by atoms with Gasteiger partial charge in [0.2, 0.25) is 5.91 Å². The second-order valence-electron chi connectivity index (χ2n) is 8.15. The topological polar surface area (TPSA) is 46.3 Å². The van der Waals surface area contributed by atoms with Gasteiger partial charge in [0.15, 0.2) is 0 Å². The van der Waals surface area contributed by atoms with Crippen LogP contribution in [0.25, 0.3) is 0 Å². The summed E-state index contributed by atoms with van der Waals surface area (Å²) in [5, 5.41) is 0. The monoisotopic (exact) mass is 408 g/mol. The Morgan fingerprint density at radius 1 is 1.07 bits per heavy atom. The lowest BCUT2D eigenvalue weighted by molar-refractivity contribution is -0.211. The minimum atomic E-state index is -4.78. The average molecular weight is 408 g/mol. The van der Waals surface area contributed by atoms with Crippen LogP contribution in [-0.2, 0) is 17.8 Å². The van der Waals surface area contributed by atoms with E-state index in [-0.39, 0.29) is 5.82 Å². The van der Waals surface area contributed by atoms with Crippen LogP contribution in [0.4, 0.5) is 17.6 Å². The molecule has 1 aliphatic heterocycles. The Kier molecular flexibility index (Phi) is 5.72. The normalized spacial score (nSPS) is 17.4. The van der Waals surface area contributed by atoms with Gasteiger partial charge in [0, 0.05) is 24.5 Å². The lowest BCUT2D eigenvalue weighted by atomic mass is 9.68. The molecule has 0 radical (unpaired) electrons. The van der Waals surface area contributed by atoms with Crippen molar-refractivity contribution in [1.29, 1.82) is 0 Å². The first-order valence-corrected chi connectivity index (χ1v) is 9.44. The van der Waals surface area contributed by atoms with Gasteiger partial charge in [-0.3, -0.25) is 9.69 Å². The second-order valence-corrected chi connectivity index (χ2v) is 8.15. The van der Waals surface area contributed by atoms with Gasteiger partial charge in [0.05, 0.1) is 0 Å². The lowest BCUT2D eigenvalue weighted by Gasteiger charge is -2.47. The molecule has 3 rings (SSSR count). The van der Waals surface area contributed by atoms with Crippen LogP contribution >= 0.6 is 0 Å². The molecule has 0 aliphatic carbocycles. The maximum Gasteiger partial charge on any atom is 0.401 e. The van der Waals surface area contributed by atoms with E-state index in [1.807, 2.05) is 4.90 Å². The Hall–Kier alpha value is -2.41. The molecule has 0 aromatic heterocycles. The fourth-order valence-corrected chi connectivity index (χ4v) is 4.62. The highest BCUT2D eigenvalue weighted by atomic mass is 19.4. The quantitative estimate of drug-likeness (QED) is 0.734.